The Labute approximate surface area is 137 Å². The number of hydrogen-bond donors (Lipinski definition) is 2. The molecule has 1 fully saturated rings. The lowest BCUT2D eigenvalue weighted by Crippen LogP contribution is -2.27. The SMILES string of the molecule is O=C(Nc1ccc(-c2noc(=O)[nH]2)cc1)C1(c2ccccc2)CC1. The van der Waals surface area contributed by atoms with Gasteiger partial charge in [0.15, 0.2) is 5.82 Å². The van der Waals surface area contributed by atoms with Crippen LogP contribution in [0.2, 0.25) is 0 Å². The molecule has 0 spiro atoms. The molecular weight excluding hydrogens is 306 g/mol. The Morgan fingerprint density at radius 2 is 1.79 bits per heavy atom. The third-order valence-corrected chi connectivity index (χ3v) is 4.37. The van der Waals surface area contributed by atoms with Crippen LogP contribution in [0.4, 0.5) is 5.69 Å². The predicted molar refractivity (Wildman–Crippen MR) is 88.5 cm³/mol. The summed E-state index contributed by atoms with van der Waals surface area (Å²) in [5.41, 5.74) is 2.07. The highest BCUT2D eigenvalue weighted by Gasteiger charge is 2.51. The molecule has 0 saturated heterocycles. The third kappa shape index (κ3) is 2.52. The molecule has 3 aromatic rings. The van der Waals surface area contributed by atoms with Crippen molar-refractivity contribution in [3.05, 3.63) is 70.7 Å². The molecule has 2 N–H and O–H groups in total. The van der Waals surface area contributed by atoms with Gasteiger partial charge in [0.25, 0.3) is 0 Å². The summed E-state index contributed by atoms with van der Waals surface area (Å²) in [6, 6.07) is 16.9. The minimum atomic E-state index is -0.596. The van der Waals surface area contributed by atoms with Crippen molar-refractivity contribution >= 4 is 11.6 Å². The number of nitrogens with one attached hydrogen (secondary N) is 2. The fourth-order valence-electron chi connectivity index (χ4n) is 2.85. The van der Waals surface area contributed by atoms with Crippen LogP contribution in [-0.4, -0.2) is 16.0 Å². The van der Waals surface area contributed by atoms with E-state index in [-0.39, 0.29) is 5.91 Å². The van der Waals surface area contributed by atoms with Crippen molar-refractivity contribution in [1.29, 1.82) is 0 Å². The fraction of sp³-hybridized carbons (Fsp3) is 0.167. The molecule has 4 rings (SSSR count). The van der Waals surface area contributed by atoms with E-state index >= 15 is 0 Å². The summed E-state index contributed by atoms with van der Waals surface area (Å²) in [6.45, 7) is 0. The molecule has 0 unspecified atom stereocenters. The van der Waals surface area contributed by atoms with E-state index in [1.165, 1.54) is 0 Å². The Morgan fingerprint density at radius 3 is 2.38 bits per heavy atom. The van der Waals surface area contributed by atoms with Crippen molar-refractivity contribution in [3.63, 3.8) is 0 Å². The average molecular weight is 321 g/mol. The molecule has 0 atom stereocenters. The normalized spacial score (nSPS) is 15.0. The average Bonchev–Trinajstić information content (AvgIpc) is 3.32. The van der Waals surface area contributed by atoms with Gasteiger partial charge in [0, 0.05) is 11.3 Å². The molecule has 2 aromatic carbocycles. The fourth-order valence-corrected chi connectivity index (χ4v) is 2.85. The van der Waals surface area contributed by atoms with Gasteiger partial charge in [0.05, 0.1) is 5.41 Å². The summed E-state index contributed by atoms with van der Waals surface area (Å²) in [5, 5.41) is 6.61. The van der Waals surface area contributed by atoms with Gasteiger partial charge in [-0.05, 0) is 42.7 Å². The largest absolute Gasteiger partial charge is 0.439 e. The van der Waals surface area contributed by atoms with Crippen LogP contribution in [0, 0.1) is 0 Å². The lowest BCUT2D eigenvalue weighted by atomic mass is 9.95. The molecule has 1 aliphatic carbocycles. The number of rotatable bonds is 4. The van der Waals surface area contributed by atoms with E-state index in [1.54, 1.807) is 24.3 Å². The summed E-state index contributed by atoms with van der Waals surface area (Å²) < 4.78 is 4.48. The highest BCUT2D eigenvalue weighted by atomic mass is 16.5. The number of nitrogens with zero attached hydrogens (tertiary/aromatic N) is 1. The number of carbonyl (C=O) groups is 1. The molecule has 1 saturated carbocycles. The van der Waals surface area contributed by atoms with Crippen LogP contribution in [0.15, 0.2) is 63.9 Å². The topological polar surface area (TPSA) is 88.0 Å². The number of amides is 1. The molecule has 1 aromatic heterocycles. The summed E-state index contributed by atoms with van der Waals surface area (Å²) in [7, 11) is 0. The van der Waals surface area contributed by atoms with Gasteiger partial charge in [-0.3, -0.25) is 14.3 Å². The van der Waals surface area contributed by atoms with E-state index < -0.39 is 11.2 Å². The van der Waals surface area contributed by atoms with Crippen LogP contribution < -0.4 is 11.1 Å². The Morgan fingerprint density at radius 1 is 1.08 bits per heavy atom. The van der Waals surface area contributed by atoms with Gasteiger partial charge < -0.3 is 5.32 Å². The second kappa shape index (κ2) is 5.49. The van der Waals surface area contributed by atoms with Gasteiger partial charge in [-0.15, -0.1) is 0 Å². The van der Waals surface area contributed by atoms with Gasteiger partial charge in [0.1, 0.15) is 0 Å². The zero-order valence-electron chi connectivity index (χ0n) is 12.8. The van der Waals surface area contributed by atoms with E-state index in [2.05, 4.69) is 20.0 Å². The summed E-state index contributed by atoms with van der Waals surface area (Å²) >= 11 is 0. The standard InChI is InChI=1S/C18H15N3O3/c22-16(18(10-11-18)13-4-2-1-3-5-13)19-14-8-6-12(7-9-14)15-20-17(23)24-21-15/h1-9H,10-11H2,(H,19,22)(H,20,21,23). The first-order valence-electron chi connectivity index (χ1n) is 7.71. The quantitative estimate of drug-likeness (QED) is 0.773. The second-order valence-corrected chi connectivity index (χ2v) is 5.92. The van der Waals surface area contributed by atoms with E-state index in [9.17, 15) is 9.59 Å². The van der Waals surface area contributed by atoms with Gasteiger partial charge in [0.2, 0.25) is 5.91 Å². The predicted octanol–water partition coefficient (Wildman–Crippen LogP) is 2.70. The van der Waals surface area contributed by atoms with Crippen molar-refractivity contribution < 1.29 is 9.32 Å². The number of aromatic amines is 1. The van der Waals surface area contributed by atoms with Crippen LogP contribution in [0.5, 0.6) is 0 Å². The first-order valence-corrected chi connectivity index (χ1v) is 7.71. The molecule has 6 heteroatoms. The van der Waals surface area contributed by atoms with Crippen LogP contribution >= 0.6 is 0 Å². The Hall–Kier alpha value is -3.15. The van der Waals surface area contributed by atoms with E-state index in [0.717, 1.165) is 18.4 Å². The van der Waals surface area contributed by atoms with Crippen molar-refractivity contribution in [1.82, 2.24) is 10.1 Å². The number of aromatic nitrogens is 2. The maximum Gasteiger partial charge on any atom is 0.439 e. The van der Waals surface area contributed by atoms with Crippen molar-refractivity contribution in [3.8, 4) is 11.4 Å². The van der Waals surface area contributed by atoms with Crippen molar-refractivity contribution in [2.24, 2.45) is 0 Å². The molecular formula is C18H15N3O3. The number of carbonyl (C=O) groups excluding carboxylic acids is 1. The summed E-state index contributed by atoms with van der Waals surface area (Å²) in [4.78, 5) is 26.1. The Kier molecular flexibility index (Phi) is 3.30. The van der Waals surface area contributed by atoms with Crippen LogP contribution in [-0.2, 0) is 10.2 Å². The van der Waals surface area contributed by atoms with Crippen molar-refractivity contribution in [2.45, 2.75) is 18.3 Å². The Balaban J connectivity index is 1.51. The molecule has 0 bridgehead atoms. The highest BCUT2D eigenvalue weighted by molar-refractivity contribution is 6.01. The number of H-pyrrole nitrogens is 1. The molecule has 1 heterocycles. The van der Waals surface area contributed by atoms with E-state index in [0.29, 0.717) is 17.1 Å². The molecule has 24 heavy (non-hydrogen) atoms. The molecule has 1 aliphatic rings. The molecule has 0 radical (unpaired) electrons. The maximum absolute atomic E-state index is 12.7. The summed E-state index contributed by atoms with van der Waals surface area (Å²) in [5.74, 6) is -0.224. The maximum atomic E-state index is 12.7. The number of anilines is 1. The highest BCUT2D eigenvalue weighted by Crippen LogP contribution is 2.48. The monoisotopic (exact) mass is 321 g/mol. The first-order chi connectivity index (χ1) is 11.7. The molecule has 120 valence electrons. The zero-order valence-corrected chi connectivity index (χ0v) is 12.8. The van der Waals surface area contributed by atoms with Crippen LogP contribution in [0.1, 0.15) is 18.4 Å². The smallest absolute Gasteiger partial charge is 0.325 e. The third-order valence-electron chi connectivity index (χ3n) is 4.37. The number of benzene rings is 2. The second-order valence-electron chi connectivity index (χ2n) is 5.92. The lowest BCUT2D eigenvalue weighted by Gasteiger charge is -2.15. The zero-order chi connectivity index (χ0) is 16.6. The number of hydrogen-bond acceptors (Lipinski definition) is 4. The molecule has 0 aliphatic heterocycles. The minimum Gasteiger partial charge on any atom is -0.325 e. The summed E-state index contributed by atoms with van der Waals surface area (Å²) in [6.07, 6.45) is 1.72. The van der Waals surface area contributed by atoms with Crippen LogP contribution in [0.3, 0.4) is 0 Å². The van der Waals surface area contributed by atoms with Crippen LogP contribution in [0.25, 0.3) is 11.4 Å². The van der Waals surface area contributed by atoms with Gasteiger partial charge in [-0.1, -0.05) is 35.5 Å². The first kappa shape index (κ1) is 14.4. The van der Waals surface area contributed by atoms with Gasteiger partial charge >= 0.3 is 5.76 Å². The van der Waals surface area contributed by atoms with Gasteiger partial charge in [-0.25, -0.2) is 4.79 Å². The minimum absolute atomic E-state index is 0.0105. The lowest BCUT2D eigenvalue weighted by molar-refractivity contribution is -0.118. The van der Waals surface area contributed by atoms with Crippen molar-refractivity contribution in [2.75, 3.05) is 5.32 Å². The molecule has 6 nitrogen and oxygen atoms in total. The van der Waals surface area contributed by atoms with Gasteiger partial charge in [-0.2, -0.15) is 0 Å². The molecule has 1 amide bonds. The van der Waals surface area contributed by atoms with E-state index in [4.69, 9.17) is 0 Å². The van der Waals surface area contributed by atoms with E-state index in [1.807, 2.05) is 30.3 Å². The Bertz CT molecular complexity index is 922.